The first-order valence-electron chi connectivity index (χ1n) is 6.70. The Hall–Kier alpha value is -1.95. The highest BCUT2D eigenvalue weighted by molar-refractivity contribution is 7.98. The van der Waals surface area contributed by atoms with E-state index in [1.807, 2.05) is 44.5 Å². The lowest BCUT2D eigenvalue weighted by Crippen LogP contribution is -2.36. The highest BCUT2D eigenvalue weighted by atomic mass is 32.2. The van der Waals surface area contributed by atoms with E-state index in [9.17, 15) is 4.79 Å². The summed E-state index contributed by atoms with van der Waals surface area (Å²) in [4.78, 5) is 14.1. The maximum absolute atomic E-state index is 12.4. The molecule has 2 N–H and O–H groups in total. The molecule has 21 heavy (non-hydrogen) atoms. The van der Waals surface area contributed by atoms with Crippen LogP contribution in [0.4, 0.5) is 5.69 Å². The molecule has 1 amide bonds. The zero-order valence-corrected chi connectivity index (χ0v) is 13.3. The first-order chi connectivity index (χ1) is 10.0. The number of nitrogens with two attached hydrogens (primary N) is 1. The van der Waals surface area contributed by atoms with Gasteiger partial charge in [0.2, 0.25) is 0 Å². The summed E-state index contributed by atoms with van der Waals surface area (Å²) >= 11 is 1.72. The zero-order chi connectivity index (χ0) is 15.4. The number of anilines is 1. The van der Waals surface area contributed by atoms with Crippen LogP contribution in [-0.2, 0) is 0 Å². The number of nitrogens with zero attached hydrogens (tertiary/aromatic N) is 3. The van der Waals surface area contributed by atoms with E-state index in [-0.39, 0.29) is 11.9 Å². The number of carbonyl (C=O) groups is 1. The Morgan fingerprint density at radius 3 is 2.90 bits per heavy atom. The third kappa shape index (κ3) is 3.58. The molecule has 0 aliphatic carbocycles. The van der Waals surface area contributed by atoms with E-state index in [0.717, 1.165) is 11.4 Å². The van der Waals surface area contributed by atoms with Crippen molar-refractivity contribution in [3.05, 3.63) is 42.2 Å². The number of hydrogen-bond acceptors (Lipinski definition) is 4. The molecule has 0 fully saturated rings. The highest BCUT2D eigenvalue weighted by Gasteiger charge is 2.19. The van der Waals surface area contributed by atoms with Gasteiger partial charge in [0.05, 0.1) is 5.69 Å². The molecule has 1 aromatic heterocycles. The van der Waals surface area contributed by atoms with Gasteiger partial charge in [0.25, 0.3) is 5.91 Å². The van der Waals surface area contributed by atoms with Gasteiger partial charge in [0, 0.05) is 30.7 Å². The lowest BCUT2D eigenvalue weighted by molar-refractivity contribution is 0.0751. The van der Waals surface area contributed by atoms with E-state index in [4.69, 9.17) is 5.73 Å². The van der Waals surface area contributed by atoms with Crippen molar-refractivity contribution >= 4 is 23.4 Å². The molecule has 0 saturated heterocycles. The molecule has 0 saturated carbocycles. The normalized spacial score (nSPS) is 12.1. The average Bonchev–Trinajstić information content (AvgIpc) is 2.95. The molecule has 0 bridgehead atoms. The standard InChI is InChI=1S/C15H20N4OS/c1-11(10-21-3)18(2)15(20)14-7-8-19(17-14)13-6-4-5-12(16)9-13/h4-9,11H,10,16H2,1-3H3. The average molecular weight is 304 g/mol. The van der Waals surface area contributed by atoms with Crippen molar-refractivity contribution in [3.63, 3.8) is 0 Å². The van der Waals surface area contributed by atoms with Gasteiger partial charge >= 0.3 is 0 Å². The van der Waals surface area contributed by atoms with Crippen LogP contribution in [0.2, 0.25) is 0 Å². The predicted octanol–water partition coefficient (Wildman–Crippen LogP) is 2.28. The fourth-order valence-corrected chi connectivity index (χ4v) is 2.69. The molecule has 112 valence electrons. The molecule has 6 heteroatoms. The number of amides is 1. The summed E-state index contributed by atoms with van der Waals surface area (Å²) in [6.07, 6.45) is 3.80. The summed E-state index contributed by atoms with van der Waals surface area (Å²) < 4.78 is 1.66. The van der Waals surface area contributed by atoms with Crippen molar-refractivity contribution in [1.82, 2.24) is 14.7 Å². The molecule has 0 aliphatic heterocycles. The van der Waals surface area contributed by atoms with Gasteiger partial charge in [-0.3, -0.25) is 4.79 Å². The Labute approximate surface area is 129 Å². The predicted molar refractivity (Wildman–Crippen MR) is 87.9 cm³/mol. The topological polar surface area (TPSA) is 64.2 Å². The third-order valence-electron chi connectivity index (χ3n) is 3.33. The van der Waals surface area contributed by atoms with Gasteiger partial charge in [-0.1, -0.05) is 6.07 Å². The molecule has 1 aromatic carbocycles. The van der Waals surface area contributed by atoms with E-state index in [1.165, 1.54) is 0 Å². The molecule has 0 aliphatic rings. The zero-order valence-electron chi connectivity index (χ0n) is 12.5. The second kappa shape index (κ2) is 6.67. The van der Waals surface area contributed by atoms with Crippen LogP contribution in [0.3, 0.4) is 0 Å². The minimum atomic E-state index is -0.0702. The Morgan fingerprint density at radius 1 is 1.48 bits per heavy atom. The van der Waals surface area contributed by atoms with E-state index in [0.29, 0.717) is 11.4 Å². The van der Waals surface area contributed by atoms with Crippen molar-refractivity contribution in [3.8, 4) is 5.69 Å². The number of hydrogen-bond donors (Lipinski definition) is 1. The van der Waals surface area contributed by atoms with Crippen molar-refractivity contribution in [2.75, 3.05) is 24.8 Å². The molecule has 0 radical (unpaired) electrons. The lowest BCUT2D eigenvalue weighted by atomic mass is 10.3. The molecule has 0 spiro atoms. The number of rotatable bonds is 5. The highest BCUT2D eigenvalue weighted by Crippen LogP contribution is 2.13. The maximum Gasteiger partial charge on any atom is 0.274 e. The van der Waals surface area contributed by atoms with Gasteiger partial charge in [-0.2, -0.15) is 16.9 Å². The first kappa shape index (κ1) is 15.4. The third-order valence-corrected chi connectivity index (χ3v) is 4.15. The van der Waals surface area contributed by atoms with Gasteiger partial charge in [-0.05, 0) is 37.4 Å². The number of thioether (sulfide) groups is 1. The quantitative estimate of drug-likeness (QED) is 0.861. The van der Waals surface area contributed by atoms with Crippen LogP contribution < -0.4 is 5.73 Å². The monoisotopic (exact) mass is 304 g/mol. The van der Waals surface area contributed by atoms with Crippen molar-refractivity contribution in [2.24, 2.45) is 0 Å². The van der Waals surface area contributed by atoms with Gasteiger partial charge in [-0.15, -0.1) is 0 Å². The summed E-state index contributed by atoms with van der Waals surface area (Å²) in [5, 5.41) is 4.35. The second-order valence-corrected chi connectivity index (χ2v) is 5.87. The van der Waals surface area contributed by atoms with Gasteiger partial charge in [-0.25, -0.2) is 4.68 Å². The Morgan fingerprint density at radius 2 is 2.24 bits per heavy atom. The van der Waals surface area contributed by atoms with Gasteiger partial charge < -0.3 is 10.6 Å². The van der Waals surface area contributed by atoms with E-state index < -0.39 is 0 Å². The molecule has 2 aromatic rings. The molecule has 1 heterocycles. The van der Waals surface area contributed by atoms with Crippen LogP contribution in [0.5, 0.6) is 0 Å². The van der Waals surface area contributed by atoms with Crippen LogP contribution in [0, 0.1) is 0 Å². The molecule has 5 nitrogen and oxygen atoms in total. The lowest BCUT2D eigenvalue weighted by Gasteiger charge is -2.23. The van der Waals surface area contributed by atoms with E-state index in [2.05, 4.69) is 5.10 Å². The SMILES string of the molecule is CSCC(C)N(C)C(=O)c1ccn(-c2cccc(N)c2)n1. The minimum Gasteiger partial charge on any atom is -0.399 e. The molecule has 1 unspecified atom stereocenters. The van der Waals surface area contributed by atoms with Crippen molar-refractivity contribution < 1.29 is 4.79 Å². The molecule has 1 atom stereocenters. The summed E-state index contributed by atoms with van der Waals surface area (Å²) in [6.45, 7) is 2.03. The molecule has 2 rings (SSSR count). The number of nitrogen functional groups attached to an aromatic ring is 1. The summed E-state index contributed by atoms with van der Waals surface area (Å²) in [5.74, 6) is 0.831. The molecular weight excluding hydrogens is 284 g/mol. The molecular formula is C15H20N4OS. The number of benzene rings is 1. The van der Waals surface area contributed by atoms with Crippen LogP contribution in [0.15, 0.2) is 36.5 Å². The smallest absolute Gasteiger partial charge is 0.274 e. The van der Waals surface area contributed by atoms with E-state index in [1.54, 1.807) is 33.6 Å². The Balaban J connectivity index is 2.18. The van der Waals surface area contributed by atoms with Crippen LogP contribution in [-0.4, -0.2) is 45.7 Å². The maximum atomic E-state index is 12.4. The Kier molecular flexibility index (Phi) is 4.90. The van der Waals surface area contributed by atoms with Crippen LogP contribution >= 0.6 is 11.8 Å². The Bertz CT molecular complexity index is 626. The fourth-order valence-electron chi connectivity index (χ4n) is 1.98. The van der Waals surface area contributed by atoms with Crippen LogP contribution in [0.1, 0.15) is 17.4 Å². The van der Waals surface area contributed by atoms with Gasteiger partial charge in [0.15, 0.2) is 5.69 Å². The summed E-state index contributed by atoms with van der Waals surface area (Å²) in [7, 11) is 1.81. The van der Waals surface area contributed by atoms with Gasteiger partial charge in [0.1, 0.15) is 0 Å². The number of aromatic nitrogens is 2. The fraction of sp³-hybridized carbons (Fsp3) is 0.333. The van der Waals surface area contributed by atoms with E-state index >= 15 is 0 Å². The number of carbonyl (C=O) groups excluding carboxylic acids is 1. The second-order valence-electron chi connectivity index (χ2n) is 4.96. The first-order valence-corrected chi connectivity index (χ1v) is 8.10. The van der Waals surface area contributed by atoms with Crippen LogP contribution in [0.25, 0.3) is 5.69 Å². The summed E-state index contributed by atoms with van der Waals surface area (Å²) in [6, 6.07) is 9.30. The minimum absolute atomic E-state index is 0.0702. The summed E-state index contributed by atoms with van der Waals surface area (Å²) in [5.41, 5.74) is 7.71. The largest absolute Gasteiger partial charge is 0.399 e. The van der Waals surface area contributed by atoms with Crippen molar-refractivity contribution in [1.29, 1.82) is 0 Å². The van der Waals surface area contributed by atoms with Crippen molar-refractivity contribution in [2.45, 2.75) is 13.0 Å².